The third kappa shape index (κ3) is 4.33. The number of carbonyl (C=O) groups excluding carboxylic acids is 1. The third-order valence-corrected chi connectivity index (χ3v) is 4.23. The van der Waals surface area contributed by atoms with Gasteiger partial charge in [-0.3, -0.25) is 14.9 Å². The van der Waals surface area contributed by atoms with Gasteiger partial charge >= 0.3 is 0 Å². The van der Waals surface area contributed by atoms with Gasteiger partial charge in [-0.1, -0.05) is 0 Å². The van der Waals surface area contributed by atoms with Gasteiger partial charge in [0.1, 0.15) is 5.75 Å². The quantitative estimate of drug-likeness (QED) is 0.634. The Kier molecular flexibility index (Phi) is 5.40. The summed E-state index contributed by atoms with van der Waals surface area (Å²) >= 11 is 1.82. The SMILES string of the molecule is COc1cc([N+](=O)[O-])ccc1NC(=O)CC1CSCCN1. The second-order valence-corrected chi connectivity index (χ2v) is 5.77. The van der Waals surface area contributed by atoms with E-state index in [1.54, 1.807) is 0 Å². The zero-order valence-electron chi connectivity index (χ0n) is 11.6. The molecule has 0 aliphatic carbocycles. The molecule has 2 rings (SSSR count). The molecule has 1 saturated heterocycles. The molecule has 114 valence electrons. The number of non-ortho nitro benzene ring substituents is 1. The third-order valence-electron chi connectivity index (χ3n) is 3.10. The molecule has 1 unspecified atom stereocenters. The van der Waals surface area contributed by atoms with Crippen LogP contribution < -0.4 is 15.4 Å². The molecule has 0 radical (unpaired) electrons. The van der Waals surface area contributed by atoms with Crippen molar-refractivity contribution >= 4 is 29.0 Å². The Labute approximate surface area is 126 Å². The van der Waals surface area contributed by atoms with Gasteiger partial charge in [0.05, 0.1) is 23.8 Å². The van der Waals surface area contributed by atoms with Gasteiger partial charge in [0, 0.05) is 36.6 Å². The molecular formula is C13H17N3O4S. The monoisotopic (exact) mass is 311 g/mol. The van der Waals surface area contributed by atoms with Crippen molar-refractivity contribution in [1.29, 1.82) is 0 Å². The van der Waals surface area contributed by atoms with Crippen LogP contribution in [0.25, 0.3) is 0 Å². The lowest BCUT2D eigenvalue weighted by molar-refractivity contribution is -0.384. The van der Waals surface area contributed by atoms with Crippen LogP contribution in [0.1, 0.15) is 6.42 Å². The highest BCUT2D eigenvalue weighted by Crippen LogP contribution is 2.29. The van der Waals surface area contributed by atoms with Gasteiger partial charge in [0.2, 0.25) is 5.91 Å². The van der Waals surface area contributed by atoms with Crippen LogP contribution in [-0.4, -0.2) is 42.0 Å². The molecular weight excluding hydrogens is 294 g/mol. The second-order valence-electron chi connectivity index (χ2n) is 4.62. The van der Waals surface area contributed by atoms with Crippen LogP contribution in [0.3, 0.4) is 0 Å². The average Bonchev–Trinajstić information content (AvgIpc) is 2.48. The molecule has 21 heavy (non-hydrogen) atoms. The fourth-order valence-corrected chi connectivity index (χ4v) is 3.02. The minimum atomic E-state index is -0.503. The van der Waals surface area contributed by atoms with E-state index in [0.29, 0.717) is 12.1 Å². The van der Waals surface area contributed by atoms with Crippen molar-refractivity contribution in [3.8, 4) is 5.75 Å². The van der Waals surface area contributed by atoms with Crippen molar-refractivity contribution in [1.82, 2.24) is 5.32 Å². The molecule has 1 atom stereocenters. The molecule has 2 N–H and O–H groups in total. The molecule has 0 bridgehead atoms. The standard InChI is InChI=1S/C13H17N3O4S/c1-20-12-7-10(16(18)19)2-3-11(12)15-13(17)6-9-8-21-5-4-14-9/h2-3,7,9,14H,4-6,8H2,1H3,(H,15,17). The lowest BCUT2D eigenvalue weighted by Gasteiger charge is -2.22. The highest BCUT2D eigenvalue weighted by atomic mass is 32.2. The lowest BCUT2D eigenvalue weighted by atomic mass is 10.2. The Balaban J connectivity index is 2.00. The van der Waals surface area contributed by atoms with E-state index < -0.39 is 4.92 Å². The van der Waals surface area contributed by atoms with Crippen molar-refractivity contribution in [2.45, 2.75) is 12.5 Å². The number of nitrogens with zero attached hydrogens (tertiary/aromatic N) is 1. The summed E-state index contributed by atoms with van der Waals surface area (Å²) in [5.41, 5.74) is 0.367. The topological polar surface area (TPSA) is 93.5 Å². The maximum absolute atomic E-state index is 12.0. The van der Waals surface area contributed by atoms with Crippen LogP contribution in [0.15, 0.2) is 18.2 Å². The molecule has 1 aliphatic rings. The molecule has 0 aromatic heterocycles. The summed E-state index contributed by atoms with van der Waals surface area (Å²) in [4.78, 5) is 22.2. The number of methoxy groups -OCH3 is 1. The molecule has 0 saturated carbocycles. The van der Waals surface area contributed by atoms with Crippen LogP contribution in [0.4, 0.5) is 11.4 Å². The summed E-state index contributed by atoms with van der Waals surface area (Å²) in [5.74, 6) is 2.12. The first-order chi connectivity index (χ1) is 10.1. The van der Waals surface area contributed by atoms with Gasteiger partial charge in [-0.05, 0) is 6.07 Å². The fraction of sp³-hybridized carbons (Fsp3) is 0.462. The molecule has 1 amide bonds. The second kappa shape index (κ2) is 7.28. The minimum absolute atomic E-state index is 0.0739. The first-order valence-electron chi connectivity index (χ1n) is 6.53. The van der Waals surface area contributed by atoms with Gasteiger partial charge in [-0.25, -0.2) is 0 Å². The van der Waals surface area contributed by atoms with Crippen molar-refractivity contribution in [2.24, 2.45) is 0 Å². The number of nitrogens with one attached hydrogen (secondary N) is 2. The lowest BCUT2D eigenvalue weighted by Crippen LogP contribution is -2.39. The number of rotatable bonds is 5. The summed E-state index contributed by atoms with van der Waals surface area (Å²) in [5, 5.41) is 16.7. The Bertz CT molecular complexity index is 532. The van der Waals surface area contributed by atoms with Crippen molar-refractivity contribution < 1.29 is 14.5 Å². The summed E-state index contributed by atoms with van der Waals surface area (Å²) in [7, 11) is 1.41. The normalized spacial score (nSPS) is 18.0. The maximum Gasteiger partial charge on any atom is 0.273 e. The van der Waals surface area contributed by atoms with E-state index in [4.69, 9.17) is 4.74 Å². The molecule has 1 aliphatic heterocycles. The maximum atomic E-state index is 12.0. The van der Waals surface area contributed by atoms with Gasteiger partial charge in [-0.15, -0.1) is 0 Å². The summed E-state index contributed by atoms with van der Waals surface area (Å²) in [6.45, 7) is 0.906. The summed E-state index contributed by atoms with van der Waals surface area (Å²) < 4.78 is 5.09. The van der Waals surface area contributed by atoms with Crippen molar-refractivity contribution in [3.05, 3.63) is 28.3 Å². The van der Waals surface area contributed by atoms with E-state index in [0.717, 1.165) is 18.1 Å². The smallest absolute Gasteiger partial charge is 0.273 e. The average molecular weight is 311 g/mol. The van der Waals surface area contributed by atoms with Gasteiger partial charge < -0.3 is 15.4 Å². The highest BCUT2D eigenvalue weighted by Gasteiger charge is 2.18. The van der Waals surface area contributed by atoms with Crippen molar-refractivity contribution in [3.63, 3.8) is 0 Å². The van der Waals surface area contributed by atoms with E-state index in [9.17, 15) is 14.9 Å². The molecule has 0 spiro atoms. The van der Waals surface area contributed by atoms with E-state index in [2.05, 4.69) is 10.6 Å². The minimum Gasteiger partial charge on any atom is -0.494 e. The van der Waals surface area contributed by atoms with Crippen LogP contribution in [0.2, 0.25) is 0 Å². The summed E-state index contributed by atoms with van der Waals surface area (Å²) in [6.07, 6.45) is 0.368. The van der Waals surface area contributed by atoms with E-state index in [-0.39, 0.29) is 23.4 Å². The number of amides is 1. The number of ether oxygens (including phenoxy) is 1. The number of carbonyl (C=O) groups is 1. The zero-order chi connectivity index (χ0) is 15.2. The van der Waals surface area contributed by atoms with Crippen LogP contribution in [0.5, 0.6) is 5.75 Å². The highest BCUT2D eigenvalue weighted by molar-refractivity contribution is 7.99. The number of nitro benzene ring substituents is 1. The number of anilines is 1. The van der Waals surface area contributed by atoms with Gasteiger partial charge in [0.15, 0.2) is 0 Å². The van der Waals surface area contributed by atoms with E-state index in [1.165, 1.54) is 25.3 Å². The number of thioether (sulfide) groups is 1. The Morgan fingerprint density at radius 2 is 2.43 bits per heavy atom. The largest absolute Gasteiger partial charge is 0.494 e. The molecule has 1 aromatic carbocycles. The Morgan fingerprint density at radius 1 is 1.62 bits per heavy atom. The Morgan fingerprint density at radius 3 is 3.05 bits per heavy atom. The molecule has 1 aromatic rings. The fourth-order valence-electron chi connectivity index (χ4n) is 2.07. The number of nitro groups is 1. The molecule has 8 heteroatoms. The molecule has 1 fully saturated rings. The van der Waals surface area contributed by atoms with Crippen LogP contribution >= 0.6 is 11.8 Å². The van der Waals surface area contributed by atoms with Gasteiger partial charge in [0.25, 0.3) is 5.69 Å². The van der Waals surface area contributed by atoms with Crippen LogP contribution in [-0.2, 0) is 4.79 Å². The predicted octanol–water partition coefficient (Wildman–Crippen LogP) is 1.64. The predicted molar refractivity (Wildman–Crippen MR) is 82.0 cm³/mol. The number of hydrogen-bond donors (Lipinski definition) is 2. The van der Waals surface area contributed by atoms with Crippen molar-refractivity contribution in [2.75, 3.05) is 30.5 Å². The first kappa shape index (κ1) is 15.6. The van der Waals surface area contributed by atoms with Gasteiger partial charge in [-0.2, -0.15) is 11.8 Å². The van der Waals surface area contributed by atoms with E-state index >= 15 is 0 Å². The van der Waals surface area contributed by atoms with E-state index in [1.807, 2.05) is 11.8 Å². The zero-order valence-corrected chi connectivity index (χ0v) is 12.4. The Hall–Kier alpha value is -1.80. The summed E-state index contributed by atoms with van der Waals surface area (Å²) in [6, 6.07) is 4.28. The molecule has 1 heterocycles. The molecule has 7 nitrogen and oxygen atoms in total. The van der Waals surface area contributed by atoms with Crippen LogP contribution in [0, 0.1) is 10.1 Å². The number of benzene rings is 1. The number of hydrogen-bond acceptors (Lipinski definition) is 6. The first-order valence-corrected chi connectivity index (χ1v) is 7.69.